The molecule has 0 saturated carbocycles. The third-order valence-electron chi connectivity index (χ3n) is 4.42. The summed E-state index contributed by atoms with van der Waals surface area (Å²) in [5.74, 6) is 0.838. The average Bonchev–Trinajstić information content (AvgIpc) is 3.19. The van der Waals surface area contributed by atoms with E-state index in [1.807, 2.05) is 19.1 Å². The van der Waals surface area contributed by atoms with Crippen LogP contribution in [0.5, 0.6) is 0 Å². The third kappa shape index (κ3) is 6.16. The van der Waals surface area contributed by atoms with E-state index in [9.17, 15) is 10.1 Å². The molecule has 0 radical (unpaired) electrons. The van der Waals surface area contributed by atoms with Gasteiger partial charge in [-0.2, -0.15) is 0 Å². The summed E-state index contributed by atoms with van der Waals surface area (Å²) in [5, 5.41) is 18.2. The number of guanidine groups is 1. The second-order valence-electron chi connectivity index (χ2n) is 6.35. The first-order valence-corrected chi connectivity index (χ1v) is 9.04. The van der Waals surface area contributed by atoms with Crippen molar-refractivity contribution in [3.63, 3.8) is 0 Å². The summed E-state index contributed by atoms with van der Waals surface area (Å²) in [7, 11) is 0. The van der Waals surface area contributed by atoms with Crippen LogP contribution in [-0.4, -0.2) is 58.6 Å². The third-order valence-corrected chi connectivity index (χ3v) is 4.42. The van der Waals surface area contributed by atoms with E-state index in [-0.39, 0.29) is 34.6 Å². The van der Waals surface area contributed by atoms with Crippen LogP contribution in [-0.2, 0) is 13.1 Å². The molecule has 0 amide bonds. The van der Waals surface area contributed by atoms with Gasteiger partial charge in [0.1, 0.15) is 6.26 Å². The van der Waals surface area contributed by atoms with Crippen molar-refractivity contribution in [1.82, 2.24) is 20.3 Å². The molecular weight excluding hydrogens is 475 g/mol. The van der Waals surface area contributed by atoms with Gasteiger partial charge >= 0.3 is 0 Å². The van der Waals surface area contributed by atoms with Gasteiger partial charge in [0.25, 0.3) is 5.69 Å². The molecule has 10 heteroatoms. The summed E-state index contributed by atoms with van der Waals surface area (Å²) in [6.07, 6.45) is 1.59. The van der Waals surface area contributed by atoms with Crippen molar-refractivity contribution in [2.45, 2.75) is 20.0 Å². The molecule has 1 aromatic heterocycles. The number of hydrogen-bond donors (Lipinski definition) is 1. The molecule has 0 atom stereocenters. The average molecular weight is 500 g/mol. The quantitative estimate of drug-likeness (QED) is 0.214. The van der Waals surface area contributed by atoms with Gasteiger partial charge in [0.2, 0.25) is 0 Å². The number of aromatic nitrogens is 1. The number of aliphatic imine (C=N–C) groups is 1. The normalized spacial score (nSPS) is 15.2. The van der Waals surface area contributed by atoms with E-state index in [0.29, 0.717) is 6.54 Å². The van der Waals surface area contributed by atoms with Gasteiger partial charge < -0.3 is 14.7 Å². The number of nitro groups is 1. The van der Waals surface area contributed by atoms with Crippen LogP contribution in [0.3, 0.4) is 0 Å². The minimum absolute atomic E-state index is 0. The van der Waals surface area contributed by atoms with Crippen LogP contribution in [0.25, 0.3) is 0 Å². The predicted molar refractivity (Wildman–Crippen MR) is 117 cm³/mol. The minimum Gasteiger partial charge on any atom is -0.364 e. The van der Waals surface area contributed by atoms with Crippen LogP contribution >= 0.6 is 24.0 Å². The maximum Gasteiger partial charge on any atom is 0.269 e. The lowest BCUT2D eigenvalue weighted by molar-refractivity contribution is -0.384. The van der Waals surface area contributed by atoms with Gasteiger partial charge in [-0.1, -0.05) is 17.3 Å². The van der Waals surface area contributed by atoms with Crippen LogP contribution in [0.2, 0.25) is 0 Å². The van der Waals surface area contributed by atoms with Crippen molar-refractivity contribution in [2.75, 3.05) is 32.7 Å². The lowest BCUT2D eigenvalue weighted by atomic mass is 10.2. The van der Waals surface area contributed by atoms with Crippen LogP contribution < -0.4 is 5.32 Å². The second-order valence-corrected chi connectivity index (χ2v) is 6.35. The van der Waals surface area contributed by atoms with Crippen molar-refractivity contribution >= 4 is 35.6 Å². The standard InChI is InChI=1S/C18H24N6O3.HI/c1-2-19-18(20-13-15-4-3-5-17(12-15)24(25)26)23-9-7-22(8-10-23)14-16-6-11-27-21-16;/h3-6,11-12H,2,7-10,13-14H2,1H3,(H,19,20);1H. The Morgan fingerprint density at radius 1 is 1.32 bits per heavy atom. The molecule has 9 nitrogen and oxygen atoms in total. The van der Waals surface area contributed by atoms with E-state index in [1.54, 1.807) is 18.4 Å². The molecule has 1 fully saturated rings. The Labute approximate surface area is 180 Å². The second kappa shape index (κ2) is 11.0. The van der Waals surface area contributed by atoms with E-state index < -0.39 is 0 Å². The molecule has 1 aliphatic rings. The summed E-state index contributed by atoms with van der Waals surface area (Å²) in [6, 6.07) is 8.50. The van der Waals surface area contributed by atoms with Gasteiger partial charge in [-0.25, -0.2) is 4.99 Å². The lowest BCUT2D eigenvalue weighted by Gasteiger charge is -2.36. The number of nitrogens with zero attached hydrogens (tertiary/aromatic N) is 5. The Balaban J connectivity index is 0.00000280. The zero-order valence-corrected chi connectivity index (χ0v) is 18.1. The fourth-order valence-corrected chi connectivity index (χ4v) is 3.03. The van der Waals surface area contributed by atoms with Crippen molar-refractivity contribution < 1.29 is 9.45 Å². The van der Waals surface area contributed by atoms with Crippen molar-refractivity contribution in [3.8, 4) is 0 Å². The summed E-state index contributed by atoms with van der Waals surface area (Å²) in [5.41, 5.74) is 1.85. The van der Waals surface area contributed by atoms with Crippen molar-refractivity contribution in [3.05, 3.63) is 58.0 Å². The maximum atomic E-state index is 10.9. The van der Waals surface area contributed by atoms with Gasteiger partial charge in [0, 0.05) is 57.5 Å². The fourth-order valence-electron chi connectivity index (χ4n) is 3.03. The molecule has 1 saturated heterocycles. The summed E-state index contributed by atoms with van der Waals surface area (Å²) in [4.78, 5) is 19.8. The SMILES string of the molecule is CCNC(=NCc1cccc([N+](=O)[O-])c1)N1CCN(Cc2ccon2)CC1.I. The Bertz CT molecular complexity index is 775. The van der Waals surface area contributed by atoms with Crippen LogP contribution in [0.1, 0.15) is 18.2 Å². The van der Waals surface area contributed by atoms with E-state index in [2.05, 4.69) is 25.3 Å². The van der Waals surface area contributed by atoms with E-state index in [1.165, 1.54) is 6.07 Å². The highest BCUT2D eigenvalue weighted by Crippen LogP contribution is 2.14. The number of nitrogens with one attached hydrogen (secondary N) is 1. The largest absolute Gasteiger partial charge is 0.364 e. The summed E-state index contributed by atoms with van der Waals surface area (Å²) >= 11 is 0. The van der Waals surface area contributed by atoms with Gasteiger partial charge in [0.15, 0.2) is 5.96 Å². The molecule has 0 spiro atoms. The Hall–Kier alpha value is -2.21. The molecule has 2 heterocycles. The highest BCUT2D eigenvalue weighted by atomic mass is 127. The molecular formula is C18H25IN6O3. The highest BCUT2D eigenvalue weighted by Gasteiger charge is 2.20. The number of hydrogen-bond acceptors (Lipinski definition) is 6. The lowest BCUT2D eigenvalue weighted by Crippen LogP contribution is -2.52. The fraction of sp³-hybridized carbons (Fsp3) is 0.444. The molecule has 0 bridgehead atoms. The number of benzene rings is 1. The summed E-state index contributed by atoms with van der Waals surface area (Å²) < 4.78 is 4.89. The molecule has 2 aromatic rings. The monoisotopic (exact) mass is 500 g/mol. The Morgan fingerprint density at radius 2 is 2.11 bits per heavy atom. The van der Waals surface area contributed by atoms with Crippen LogP contribution in [0, 0.1) is 10.1 Å². The van der Waals surface area contributed by atoms with Crippen LogP contribution in [0.15, 0.2) is 46.1 Å². The van der Waals surface area contributed by atoms with E-state index >= 15 is 0 Å². The van der Waals surface area contributed by atoms with Gasteiger partial charge in [-0.3, -0.25) is 15.0 Å². The van der Waals surface area contributed by atoms with Gasteiger partial charge in [0.05, 0.1) is 17.2 Å². The first kappa shape index (κ1) is 22.1. The smallest absolute Gasteiger partial charge is 0.269 e. The minimum atomic E-state index is -0.382. The van der Waals surface area contributed by atoms with Gasteiger partial charge in [-0.05, 0) is 12.5 Å². The number of piperazine rings is 1. The number of nitro benzene ring substituents is 1. The molecule has 1 aliphatic heterocycles. The number of rotatable bonds is 6. The van der Waals surface area contributed by atoms with E-state index in [0.717, 1.165) is 56.5 Å². The number of non-ortho nitro benzene ring substituents is 1. The van der Waals surface area contributed by atoms with Crippen molar-refractivity contribution in [2.24, 2.45) is 4.99 Å². The molecule has 3 rings (SSSR count). The van der Waals surface area contributed by atoms with Crippen LogP contribution in [0.4, 0.5) is 5.69 Å². The predicted octanol–water partition coefficient (Wildman–Crippen LogP) is 2.48. The molecule has 28 heavy (non-hydrogen) atoms. The number of halogens is 1. The maximum absolute atomic E-state index is 10.9. The molecule has 0 unspecified atom stereocenters. The molecule has 0 aliphatic carbocycles. The van der Waals surface area contributed by atoms with E-state index in [4.69, 9.17) is 4.52 Å². The highest BCUT2D eigenvalue weighted by molar-refractivity contribution is 14.0. The van der Waals surface area contributed by atoms with Gasteiger partial charge in [-0.15, -0.1) is 24.0 Å². The van der Waals surface area contributed by atoms with Crippen molar-refractivity contribution in [1.29, 1.82) is 0 Å². The zero-order valence-electron chi connectivity index (χ0n) is 15.8. The molecule has 152 valence electrons. The summed E-state index contributed by atoms with van der Waals surface area (Å²) in [6.45, 7) is 7.53. The first-order chi connectivity index (χ1) is 13.2. The topological polar surface area (TPSA) is 100 Å². The molecule has 1 aromatic carbocycles. The zero-order chi connectivity index (χ0) is 19.1. The Morgan fingerprint density at radius 3 is 2.75 bits per heavy atom. The Kier molecular flexibility index (Phi) is 8.64. The molecule has 1 N–H and O–H groups in total. The first-order valence-electron chi connectivity index (χ1n) is 9.04.